The average Bonchev–Trinajstić information content (AvgIpc) is 2.82. The minimum absolute atomic E-state index is 0.00971. The largest absolute Gasteiger partial charge is 0.477 e. The standard InChI is InChI=1S/C30H47NO8/c1-9-22(8)31-30(29(35)36,39-28(34)16-21(6)7)18-23-12-13-24(37-26(32)14-10-19(2)3)25(17-23)38-27(33)15-11-20(4)5/h12-13,17,19-22,31H,9-11,14-16,18H2,1-8H3,(H,35,36)/t22?,30-/m0/s1. The zero-order valence-electron chi connectivity index (χ0n) is 24.8. The van der Waals surface area contributed by atoms with Crippen LogP contribution in [0.2, 0.25) is 0 Å². The van der Waals surface area contributed by atoms with Crippen LogP contribution in [-0.4, -0.2) is 40.8 Å². The number of carbonyl (C=O) groups is 4. The molecule has 0 heterocycles. The Morgan fingerprint density at radius 1 is 0.821 bits per heavy atom. The summed E-state index contributed by atoms with van der Waals surface area (Å²) in [6.07, 6.45) is 2.05. The van der Waals surface area contributed by atoms with E-state index in [0.717, 1.165) is 0 Å². The van der Waals surface area contributed by atoms with E-state index in [1.54, 1.807) is 13.0 Å². The molecule has 1 unspecified atom stereocenters. The maximum absolute atomic E-state index is 12.6. The molecule has 39 heavy (non-hydrogen) atoms. The van der Waals surface area contributed by atoms with Gasteiger partial charge in [0, 0.05) is 31.7 Å². The summed E-state index contributed by atoms with van der Waals surface area (Å²) in [6.45, 7) is 15.4. The van der Waals surface area contributed by atoms with Crippen LogP contribution in [0.25, 0.3) is 0 Å². The van der Waals surface area contributed by atoms with Crippen LogP contribution < -0.4 is 14.8 Å². The first kappa shape index (κ1) is 34.1. The van der Waals surface area contributed by atoms with Crippen molar-refractivity contribution in [3.63, 3.8) is 0 Å². The fraction of sp³-hybridized carbons (Fsp3) is 0.667. The van der Waals surface area contributed by atoms with Crippen LogP contribution in [0.5, 0.6) is 11.5 Å². The lowest BCUT2D eigenvalue weighted by molar-refractivity contribution is -0.185. The minimum Gasteiger partial charge on any atom is -0.477 e. The molecule has 0 amide bonds. The van der Waals surface area contributed by atoms with Gasteiger partial charge in [0.1, 0.15) is 0 Å². The van der Waals surface area contributed by atoms with Crippen molar-refractivity contribution in [2.75, 3.05) is 0 Å². The van der Waals surface area contributed by atoms with Gasteiger partial charge >= 0.3 is 23.9 Å². The van der Waals surface area contributed by atoms with Crippen molar-refractivity contribution in [2.24, 2.45) is 17.8 Å². The molecular weight excluding hydrogens is 502 g/mol. The summed E-state index contributed by atoms with van der Waals surface area (Å²) < 4.78 is 16.7. The van der Waals surface area contributed by atoms with Crippen molar-refractivity contribution in [1.29, 1.82) is 0 Å². The number of ether oxygens (including phenoxy) is 3. The van der Waals surface area contributed by atoms with Crippen LogP contribution in [0.15, 0.2) is 18.2 Å². The molecule has 0 aromatic heterocycles. The number of hydrogen-bond acceptors (Lipinski definition) is 8. The molecule has 9 heteroatoms. The van der Waals surface area contributed by atoms with Gasteiger partial charge in [0.25, 0.3) is 5.72 Å². The van der Waals surface area contributed by atoms with Crippen molar-refractivity contribution < 1.29 is 38.5 Å². The van der Waals surface area contributed by atoms with Crippen molar-refractivity contribution in [2.45, 2.75) is 112 Å². The fourth-order valence-corrected chi connectivity index (χ4v) is 3.64. The van der Waals surface area contributed by atoms with Crippen LogP contribution >= 0.6 is 0 Å². The van der Waals surface area contributed by atoms with Gasteiger partial charge in [0.15, 0.2) is 11.5 Å². The molecule has 0 aliphatic heterocycles. The molecule has 0 radical (unpaired) electrons. The Morgan fingerprint density at radius 2 is 1.36 bits per heavy atom. The highest BCUT2D eigenvalue weighted by molar-refractivity contribution is 5.82. The third-order valence-electron chi connectivity index (χ3n) is 6.06. The van der Waals surface area contributed by atoms with Crippen molar-refractivity contribution in [1.82, 2.24) is 5.32 Å². The number of carboxylic acid groups (broad SMARTS) is 1. The monoisotopic (exact) mass is 549 g/mol. The van der Waals surface area contributed by atoms with E-state index in [-0.39, 0.29) is 49.1 Å². The zero-order valence-corrected chi connectivity index (χ0v) is 24.8. The molecular formula is C30H47NO8. The Labute approximate surface area is 233 Å². The van der Waals surface area contributed by atoms with E-state index in [1.165, 1.54) is 12.1 Å². The first-order valence-electron chi connectivity index (χ1n) is 13.9. The fourth-order valence-electron chi connectivity index (χ4n) is 3.64. The van der Waals surface area contributed by atoms with Crippen LogP contribution in [0, 0.1) is 17.8 Å². The molecule has 2 atom stereocenters. The second kappa shape index (κ2) is 16.2. The quantitative estimate of drug-likeness (QED) is 0.143. The highest BCUT2D eigenvalue weighted by Gasteiger charge is 2.44. The third-order valence-corrected chi connectivity index (χ3v) is 6.06. The van der Waals surface area contributed by atoms with Crippen LogP contribution in [0.4, 0.5) is 0 Å². The number of rotatable bonds is 17. The molecule has 0 aliphatic carbocycles. The molecule has 0 bridgehead atoms. The van der Waals surface area contributed by atoms with Crippen LogP contribution in [0.1, 0.15) is 99.5 Å². The highest BCUT2D eigenvalue weighted by Crippen LogP contribution is 2.32. The summed E-state index contributed by atoms with van der Waals surface area (Å²) >= 11 is 0. The van der Waals surface area contributed by atoms with Crippen LogP contribution in [0.3, 0.4) is 0 Å². The van der Waals surface area contributed by atoms with Gasteiger partial charge in [-0.1, -0.05) is 54.5 Å². The van der Waals surface area contributed by atoms with Gasteiger partial charge in [-0.05, 0) is 61.6 Å². The second-order valence-corrected chi connectivity index (χ2v) is 11.4. The molecule has 0 fully saturated rings. The highest BCUT2D eigenvalue weighted by atomic mass is 16.6. The maximum Gasteiger partial charge on any atom is 0.364 e. The first-order valence-corrected chi connectivity index (χ1v) is 13.9. The van der Waals surface area contributed by atoms with Gasteiger partial charge in [0.2, 0.25) is 0 Å². The molecule has 1 rings (SSSR count). The number of carbonyl (C=O) groups excluding carboxylic acids is 3. The molecule has 2 N–H and O–H groups in total. The van der Waals surface area contributed by atoms with Gasteiger partial charge < -0.3 is 19.3 Å². The number of nitrogens with one attached hydrogen (secondary N) is 1. The molecule has 9 nitrogen and oxygen atoms in total. The molecule has 0 saturated heterocycles. The summed E-state index contributed by atoms with van der Waals surface area (Å²) in [5, 5.41) is 13.2. The van der Waals surface area contributed by atoms with E-state index < -0.39 is 29.6 Å². The minimum atomic E-state index is -2.05. The van der Waals surface area contributed by atoms with Gasteiger partial charge in [-0.15, -0.1) is 0 Å². The SMILES string of the molecule is CCC(C)N[C@@](Cc1ccc(OC(=O)CCC(C)C)c(OC(=O)CCC(C)C)c1)(OC(=O)CC(C)C)C(=O)O. The normalized spacial score (nSPS) is 13.7. The Morgan fingerprint density at radius 3 is 1.82 bits per heavy atom. The zero-order chi connectivity index (χ0) is 29.8. The second-order valence-electron chi connectivity index (χ2n) is 11.4. The Kier molecular flexibility index (Phi) is 14.2. The molecule has 1 aromatic rings. The Balaban J connectivity index is 3.41. The summed E-state index contributed by atoms with van der Waals surface area (Å²) in [4.78, 5) is 50.2. The van der Waals surface area contributed by atoms with E-state index in [4.69, 9.17) is 14.2 Å². The summed E-state index contributed by atoms with van der Waals surface area (Å²) in [6, 6.07) is 4.23. The van der Waals surface area contributed by atoms with Crippen molar-refractivity contribution in [3.8, 4) is 11.5 Å². The van der Waals surface area contributed by atoms with Crippen LogP contribution in [-0.2, 0) is 30.3 Å². The topological polar surface area (TPSA) is 128 Å². The van der Waals surface area contributed by atoms with Gasteiger partial charge in [0.05, 0.1) is 0 Å². The predicted octanol–water partition coefficient (Wildman–Crippen LogP) is 5.67. The average molecular weight is 550 g/mol. The molecule has 0 spiro atoms. The number of esters is 3. The summed E-state index contributed by atoms with van der Waals surface area (Å²) in [5.41, 5.74) is -1.63. The van der Waals surface area contributed by atoms with Gasteiger partial charge in [-0.25, -0.2) is 4.79 Å². The van der Waals surface area contributed by atoms with E-state index in [1.807, 2.05) is 48.5 Å². The van der Waals surface area contributed by atoms with Gasteiger partial charge in [-0.3, -0.25) is 19.7 Å². The lowest BCUT2D eigenvalue weighted by Crippen LogP contribution is -2.59. The number of hydrogen-bond donors (Lipinski definition) is 2. The number of aliphatic carboxylic acids is 1. The first-order chi connectivity index (χ1) is 18.2. The summed E-state index contributed by atoms with van der Waals surface area (Å²) in [5.74, 6) is -2.28. The lowest BCUT2D eigenvalue weighted by atomic mass is 9.99. The molecule has 0 saturated carbocycles. The number of benzene rings is 1. The Bertz CT molecular complexity index is 972. The van der Waals surface area contributed by atoms with E-state index in [9.17, 15) is 24.3 Å². The molecule has 0 aliphatic rings. The predicted molar refractivity (Wildman–Crippen MR) is 148 cm³/mol. The summed E-state index contributed by atoms with van der Waals surface area (Å²) in [7, 11) is 0. The number of carboxylic acids is 1. The molecule has 220 valence electrons. The molecule has 1 aromatic carbocycles. The van der Waals surface area contributed by atoms with E-state index >= 15 is 0 Å². The van der Waals surface area contributed by atoms with E-state index in [0.29, 0.717) is 36.7 Å². The van der Waals surface area contributed by atoms with Crippen molar-refractivity contribution >= 4 is 23.9 Å². The third kappa shape index (κ3) is 12.6. The Hall–Kier alpha value is -2.94. The smallest absolute Gasteiger partial charge is 0.364 e. The lowest BCUT2D eigenvalue weighted by Gasteiger charge is -2.33. The van der Waals surface area contributed by atoms with E-state index in [2.05, 4.69) is 5.32 Å². The van der Waals surface area contributed by atoms with Crippen molar-refractivity contribution in [3.05, 3.63) is 23.8 Å². The maximum atomic E-state index is 12.6. The van der Waals surface area contributed by atoms with Gasteiger partial charge in [-0.2, -0.15) is 0 Å².